The lowest BCUT2D eigenvalue weighted by Gasteiger charge is -2.26. The second kappa shape index (κ2) is 7.04. The van der Waals surface area contributed by atoms with Gasteiger partial charge in [-0.3, -0.25) is 0 Å². The van der Waals surface area contributed by atoms with Crippen molar-refractivity contribution in [1.82, 2.24) is 4.72 Å². The number of sulfonamides is 1. The van der Waals surface area contributed by atoms with Crippen molar-refractivity contribution in [2.24, 2.45) is 5.73 Å². The van der Waals surface area contributed by atoms with Crippen molar-refractivity contribution in [2.45, 2.75) is 42.7 Å². The van der Waals surface area contributed by atoms with Gasteiger partial charge in [-0.1, -0.05) is 22.0 Å². The fourth-order valence-corrected chi connectivity index (χ4v) is 4.06. The molecule has 0 atom stereocenters. The Balaban J connectivity index is 0.00000180. The molecule has 108 valence electrons. The summed E-state index contributed by atoms with van der Waals surface area (Å²) in [4.78, 5) is 0.298. The molecule has 0 heterocycles. The van der Waals surface area contributed by atoms with Gasteiger partial charge in [0.15, 0.2) is 0 Å². The molecule has 0 radical (unpaired) electrons. The first kappa shape index (κ1) is 16.9. The number of halogens is 2. The van der Waals surface area contributed by atoms with Crippen molar-refractivity contribution in [1.29, 1.82) is 0 Å². The van der Waals surface area contributed by atoms with Gasteiger partial charge in [0, 0.05) is 16.6 Å². The second-order valence-corrected chi connectivity index (χ2v) is 7.32. The van der Waals surface area contributed by atoms with Gasteiger partial charge in [0.1, 0.15) is 0 Å². The van der Waals surface area contributed by atoms with Gasteiger partial charge in [0.2, 0.25) is 10.0 Å². The lowest BCUT2D eigenvalue weighted by molar-refractivity contribution is 0.373. The lowest BCUT2D eigenvalue weighted by Crippen LogP contribution is -2.40. The van der Waals surface area contributed by atoms with Crippen LogP contribution >= 0.6 is 28.3 Å². The molecule has 0 saturated heterocycles. The molecule has 1 aromatic rings. The van der Waals surface area contributed by atoms with E-state index in [9.17, 15) is 8.42 Å². The van der Waals surface area contributed by atoms with Crippen molar-refractivity contribution in [3.05, 3.63) is 28.7 Å². The Bertz CT molecular complexity index is 516. The summed E-state index contributed by atoms with van der Waals surface area (Å²) in [6.07, 6.45) is 3.39. The summed E-state index contributed by atoms with van der Waals surface area (Å²) in [5.74, 6) is 0. The number of benzene rings is 1. The van der Waals surface area contributed by atoms with Gasteiger partial charge < -0.3 is 5.73 Å². The van der Waals surface area contributed by atoms with E-state index in [2.05, 4.69) is 20.7 Å². The molecule has 1 aliphatic carbocycles. The number of nitrogens with one attached hydrogen (secondary N) is 1. The number of hydrogen-bond donors (Lipinski definition) is 2. The zero-order valence-corrected chi connectivity index (χ0v) is 13.6. The summed E-state index contributed by atoms with van der Waals surface area (Å²) in [5.41, 5.74) is 5.81. The Hall–Kier alpha value is -0.140. The highest BCUT2D eigenvalue weighted by Crippen LogP contribution is 2.21. The summed E-state index contributed by atoms with van der Waals surface area (Å²) in [6.45, 7) is 0. The zero-order valence-electron chi connectivity index (χ0n) is 10.4. The van der Waals surface area contributed by atoms with Gasteiger partial charge >= 0.3 is 0 Å². The maximum absolute atomic E-state index is 12.2. The SMILES string of the molecule is Cl.NC1CCC(NS(=O)(=O)c2cccc(Br)c2)CC1. The van der Waals surface area contributed by atoms with Crippen LogP contribution in [0.3, 0.4) is 0 Å². The minimum absolute atomic E-state index is 0. The molecule has 3 N–H and O–H groups in total. The van der Waals surface area contributed by atoms with Gasteiger partial charge in [-0.2, -0.15) is 0 Å². The van der Waals surface area contributed by atoms with Gasteiger partial charge in [0.05, 0.1) is 4.90 Å². The smallest absolute Gasteiger partial charge is 0.240 e. The average molecular weight is 370 g/mol. The van der Waals surface area contributed by atoms with Crippen LogP contribution in [0.2, 0.25) is 0 Å². The highest BCUT2D eigenvalue weighted by atomic mass is 79.9. The maximum atomic E-state index is 12.2. The van der Waals surface area contributed by atoms with Crippen LogP contribution in [-0.2, 0) is 10.0 Å². The molecule has 1 aromatic carbocycles. The van der Waals surface area contributed by atoms with Crippen LogP contribution in [0.4, 0.5) is 0 Å². The second-order valence-electron chi connectivity index (χ2n) is 4.69. The van der Waals surface area contributed by atoms with Crippen molar-refractivity contribution in [3.63, 3.8) is 0 Å². The van der Waals surface area contributed by atoms with E-state index in [4.69, 9.17) is 5.73 Å². The third-order valence-corrected chi connectivity index (χ3v) is 5.21. The lowest BCUT2D eigenvalue weighted by atomic mass is 9.93. The summed E-state index contributed by atoms with van der Waals surface area (Å²) in [5, 5.41) is 0. The van der Waals surface area contributed by atoms with Crippen LogP contribution < -0.4 is 10.5 Å². The van der Waals surface area contributed by atoms with Crippen LogP contribution in [-0.4, -0.2) is 20.5 Å². The normalized spacial score (nSPS) is 23.7. The molecule has 1 saturated carbocycles. The van der Waals surface area contributed by atoms with Crippen molar-refractivity contribution >= 4 is 38.4 Å². The Morgan fingerprint density at radius 3 is 2.42 bits per heavy atom. The summed E-state index contributed by atoms with van der Waals surface area (Å²) in [6, 6.07) is 6.96. The minimum atomic E-state index is -3.42. The fraction of sp³-hybridized carbons (Fsp3) is 0.500. The molecule has 0 unspecified atom stereocenters. The van der Waals surface area contributed by atoms with Gasteiger partial charge in [-0.15, -0.1) is 12.4 Å². The third kappa shape index (κ3) is 4.72. The molecule has 0 aliphatic heterocycles. The molecule has 0 bridgehead atoms. The molecule has 1 aliphatic rings. The Labute approximate surface area is 128 Å². The van der Waals surface area contributed by atoms with Crippen molar-refractivity contribution < 1.29 is 8.42 Å². The Morgan fingerprint density at radius 1 is 1.21 bits per heavy atom. The van der Waals surface area contributed by atoms with Gasteiger partial charge in [-0.25, -0.2) is 13.1 Å². The molecule has 2 rings (SSSR count). The number of hydrogen-bond acceptors (Lipinski definition) is 3. The first-order chi connectivity index (χ1) is 8.47. The number of rotatable bonds is 3. The van der Waals surface area contributed by atoms with E-state index < -0.39 is 10.0 Å². The Kier molecular flexibility index (Phi) is 6.26. The highest BCUT2D eigenvalue weighted by Gasteiger charge is 2.24. The Morgan fingerprint density at radius 2 is 1.84 bits per heavy atom. The van der Waals surface area contributed by atoms with Crippen LogP contribution in [0.15, 0.2) is 33.6 Å². The van der Waals surface area contributed by atoms with E-state index in [0.29, 0.717) is 4.90 Å². The van der Waals surface area contributed by atoms with E-state index in [-0.39, 0.29) is 24.5 Å². The summed E-state index contributed by atoms with van der Waals surface area (Å²) < 4.78 is 27.9. The molecule has 7 heteroatoms. The van der Waals surface area contributed by atoms with Crippen LogP contribution in [0.5, 0.6) is 0 Å². The van der Waals surface area contributed by atoms with Crippen LogP contribution in [0.1, 0.15) is 25.7 Å². The van der Waals surface area contributed by atoms with E-state index in [1.807, 2.05) is 0 Å². The van der Waals surface area contributed by atoms with E-state index in [0.717, 1.165) is 30.2 Å². The average Bonchev–Trinajstić information content (AvgIpc) is 2.32. The summed E-state index contributed by atoms with van der Waals surface area (Å²) in [7, 11) is -3.42. The standard InChI is InChI=1S/C12H17BrN2O2S.ClH/c13-9-2-1-3-12(8-9)18(16,17)15-11-6-4-10(14)5-7-11;/h1-3,8,10-11,15H,4-7,14H2;1H. The van der Waals surface area contributed by atoms with E-state index in [1.165, 1.54) is 0 Å². The fourth-order valence-electron chi connectivity index (χ4n) is 2.16. The highest BCUT2D eigenvalue weighted by molar-refractivity contribution is 9.10. The third-order valence-electron chi connectivity index (χ3n) is 3.20. The molecule has 1 fully saturated rings. The first-order valence-corrected chi connectivity index (χ1v) is 8.28. The monoisotopic (exact) mass is 368 g/mol. The van der Waals surface area contributed by atoms with E-state index in [1.54, 1.807) is 24.3 Å². The molecule has 0 spiro atoms. The molecule has 4 nitrogen and oxygen atoms in total. The molecule has 0 aromatic heterocycles. The maximum Gasteiger partial charge on any atom is 0.240 e. The number of nitrogens with two attached hydrogens (primary N) is 1. The van der Waals surface area contributed by atoms with Gasteiger partial charge in [-0.05, 0) is 43.9 Å². The summed E-state index contributed by atoms with van der Waals surface area (Å²) >= 11 is 3.28. The molecule has 0 amide bonds. The van der Waals surface area contributed by atoms with Crippen molar-refractivity contribution in [2.75, 3.05) is 0 Å². The molecular weight excluding hydrogens is 352 g/mol. The molecule has 19 heavy (non-hydrogen) atoms. The topological polar surface area (TPSA) is 72.2 Å². The minimum Gasteiger partial charge on any atom is -0.328 e. The van der Waals surface area contributed by atoms with E-state index >= 15 is 0 Å². The van der Waals surface area contributed by atoms with Gasteiger partial charge in [0.25, 0.3) is 0 Å². The largest absolute Gasteiger partial charge is 0.328 e. The quantitative estimate of drug-likeness (QED) is 0.859. The van der Waals surface area contributed by atoms with Crippen molar-refractivity contribution in [3.8, 4) is 0 Å². The predicted octanol–water partition coefficient (Wildman–Crippen LogP) is 2.42. The zero-order chi connectivity index (χ0) is 13.2. The molecular formula is C12H18BrClN2O2S. The van der Waals surface area contributed by atoms with Crippen LogP contribution in [0.25, 0.3) is 0 Å². The van der Waals surface area contributed by atoms with Crippen LogP contribution in [0, 0.1) is 0 Å². The first-order valence-electron chi connectivity index (χ1n) is 6.01. The predicted molar refractivity (Wildman–Crippen MR) is 81.9 cm³/mol.